The van der Waals surface area contributed by atoms with E-state index in [1.807, 2.05) is 11.6 Å². The maximum Gasteiger partial charge on any atom is 0.138 e. The second-order valence-electron chi connectivity index (χ2n) is 4.55. The Morgan fingerprint density at radius 3 is 2.68 bits per heavy atom. The topological polar surface area (TPSA) is 56.7 Å². The van der Waals surface area contributed by atoms with Crippen molar-refractivity contribution in [2.24, 2.45) is 5.73 Å². The van der Waals surface area contributed by atoms with Gasteiger partial charge in [-0.1, -0.05) is 19.1 Å². The minimum absolute atomic E-state index is 0.0895. The molecule has 2 N–H and O–H groups in total. The molecule has 0 saturated heterocycles. The van der Waals surface area contributed by atoms with Crippen LogP contribution in [0.3, 0.4) is 0 Å². The van der Waals surface area contributed by atoms with E-state index in [2.05, 4.69) is 41.3 Å². The van der Waals surface area contributed by atoms with Gasteiger partial charge in [-0.3, -0.25) is 0 Å². The quantitative estimate of drug-likeness (QED) is 0.824. The number of hydrogen-bond donors (Lipinski definition) is 1. The molecule has 0 saturated carbocycles. The molecule has 4 nitrogen and oxygen atoms in total. The summed E-state index contributed by atoms with van der Waals surface area (Å²) in [5, 5.41) is 4.23. The van der Waals surface area contributed by atoms with Gasteiger partial charge in [-0.15, -0.1) is 11.8 Å². The molecule has 0 aliphatic heterocycles. The largest absolute Gasteiger partial charge is 0.324 e. The first-order valence-corrected chi connectivity index (χ1v) is 7.54. The minimum atomic E-state index is 0.0895. The Morgan fingerprint density at radius 1 is 1.32 bits per heavy atom. The minimum Gasteiger partial charge on any atom is -0.324 e. The molecule has 0 aliphatic carbocycles. The number of hydrogen-bond acceptors (Lipinski definition) is 4. The summed E-state index contributed by atoms with van der Waals surface area (Å²) in [4.78, 5) is 5.54. The van der Waals surface area contributed by atoms with Gasteiger partial charge >= 0.3 is 0 Å². The number of benzene rings is 1. The summed E-state index contributed by atoms with van der Waals surface area (Å²) in [6.07, 6.45) is 2.70. The van der Waals surface area contributed by atoms with Gasteiger partial charge < -0.3 is 5.73 Å². The maximum atomic E-state index is 5.84. The number of thioether (sulfide) groups is 1. The molecular formula is C14H20N4S. The van der Waals surface area contributed by atoms with Gasteiger partial charge in [-0.2, -0.15) is 5.10 Å². The van der Waals surface area contributed by atoms with Gasteiger partial charge in [-0.25, -0.2) is 9.67 Å². The zero-order valence-corrected chi connectivity index (χ0v) is 12.2. The fourth-order valence-electron chi connectivity index (χ4n) is 1.81. The fourth-order valence-corrected chi connectivity index (χ4v) is 2.66. The van der Waals surface area contributed by atoms with Crippen LogP contribution in [0.5, 0.6) is 0 Å². The third-order valence-corrected chi connectivity index (χ3v) is 3.91. The highest BCUT2D eigenvalue weighted by Crippen LogP contribution is 2.23. The van der Waals surface area contributed by atoms with E-state index >= 15 is 0 Å². The molecule has 1 atom stereocenters. The van der Waals surface area contributed by atoms with Crippen molar-refractivity contribution in [2.45, 2.75) is 43.5 Å². The van der Waals surface area contributed by atoms with Gasteiger partial charge in [0.25, 0.3) is 0 Å². The monoisotopic (exact) mass is 276 g/mol. The normalized spacial score (nSPS) is 12.6. The number of aryl methyl sites for hydroxylation is 1. The fraction of sp³-hybridized carbons (Fsp3) is 0.429. The standard InChI is InChI=1S/C14H20N4S/c1-3-8-18-14(16-10-17-18)9-19-13-6-4-12(5-7-13)11(2)15/h4-7,10-11H,3,8-9,15H2,1-2H3. The summed E-state index contributed by atoms with van der Waals surface area (Å²) in [5.41, 5.74) is 7.00. The van der Waals surface area contributed by atoms with Crippen molar-refractivity contribution >= 4 is 11.8 Å². The summed E-state index contributed by atoms with van der Waals surface area (Å²) < 4.78 is 1.98. The van der Waals surface area contributed by atoms with Crippen molar-refractivity contribution in [2.75, 3.05) is 0 Å². The molecule has 5 heteroatoms. The van der Waals surface area contributed by atoms with E-state index in [4.69, 9.17) is 5.73 Å². The Kier molecular flexibility index (Phi) is 4.99. The van der Waals surface area contributed by atoms with E-state index in [1.165, 1.54) is 10.5 Å². The zero-order chi connectivity index (χ0) is 13.7. The van der Waals surface area contributed by atoms with Crippen LogP contribution in [0.4, 0.5) is 0 Å². The molecule has 0 aliphatic rings. The summed E-state index contributed by atoms with van der Waals surface area (Å²) in [5.74, 6) is 1.88. The average Bonchev–Trinajstić information content (AvgIpc) is 2.85. The first kappa shape index (κ1) is 14.1. The van der Waals surface area contributed by atoms with Crippen molar-refractivity contribution in [1.29, 1.82) is 0 Å². The van der Waals surface area contributed by atoms with Gasteiger partial charge in [0.15, 0.2) is 0 Å². The Labute approximate surface area is 118 Å². The van der Waals surface area contributed by atoms with Crippen LogP contribution in [0.25, 0.3) is 0 Å². The van der Waals surface area contributed by atoms with Crippen LogP contribution < -0.4 is 5.73 Å². The Morgan fingerprint density at radius 2 is 2.05 bits per heavy atom. The van der Waals surface area contributed by atoms with Crippen LogP contribution in [0.2, 0.25) is 0 Å². The lowest BCUT2D eigenvalue weighted by Crippen LogP contribution is -2.04. The first-order chi connectivity index (χ1) is 9.20. The molecule has 0 spiro atoms. The molecule has 0 radical (unpaired) electrons. The van der Waals surface area contributed by atoms with Crippen LogP contribution >= 0.6 is 11.8 Å². The molecule has 2 rings (SSSR count). The van der Waals surface area contributed by atoms with Crippen molar-refractivity contribution in [3.05, 3.63) is 42.0 Å². The van der Waals surface area contributed by atoms with E-state index in [1.54, 1.807) is 18.1 Å². The third kappa shape index (κ3) is 3.81. The highest BCUT2D eigenvalue weighted by molar-refractivity contribution is 7.98. The third-order valence-electron chi connectivity index (χ3n) is 2.90. The molecule has 0 bridgehead atoms. The number of nitrogens with zero attached hydrogens (tertiary/aromatic N) is 3. The predicted octanol–water partition coefficient (Wildman–Crippen LogP) is 3.00. The van der Waals surface area contributed by atoms with Crippen molar-refractivity contribution in [3.8, 4) is 0 Å². The van der Waals surface area contributed by atoms with Crippen LogP contribution in [0, 0.1) is 0 Å². The van der Waals surface area contributed by atoms with Crippen molar-refractivity contribution in [1.82, 2.24) is 14.8 Å². The molecular weight excluding hydrogens is 256 g/mol. The van der Waals surface area contributed by atoms with E-state index in [0.717, 1.165) is 24.5 Å². The Bertz CT molecular complexity index is 504. The summed E-state index contributed by atoms with van der Waals surface area (Å²) >= 11 is 1.77. The smallest absolute Gasteiger partial charge is 0.138 e. The lowest BCUT2D eigenvalue weighted by Gasteiger charge is -2.07. The lowest BCUT2D eigenvalue weighted by atomic mass is 10.1. The van der Waals surface area contributed by atoms with E-state index in [0.29, 0.717) is 0 Å². The summed E-state index contributed by atoms with van der Waals surface area (Å²) in [6, 6.07) is 8.49. The predicted molar refractivity (Wildman–Crippen MR) is 78.9 cm³/mol. The summed E-state index contributed by atoms with van der Waals surface area (Å²) in [7, 11) is 0. The molecule has 1 aromatic carbocycles. The maximum absolute atomic E-state index is 5.84. The van der Waals surface area contributed by atoms with Gasteiger partial charge in [-0.05, 0) is 31.0 Å². The van der Waals surface area contributed by atoms with Crippen molar-refractivity contribution < 1.29 is 0 Å². The number of aromatic nitrogens is 3. The molecule has 1 heterocycles. The van der Waals surface area contributed by atoms with E-state index < -0.39 is 0 Å². The Balaban J connectivity index is 1.96. The molecule has 102 valence electrons. The van der Waals surface area contributed by atoms with Crippen LogP contribution in [-0.4, -0.2) is 14.8 Å². The molecule has 0 fully saturated rings. The number of rotatable bonds is 6. The van der Waals surface area contributed by atoms with Crippen molar-refractivity contribution in [3.63, 3.8) is 0 Å². The summed E-state index contributed by atoms with van der Waals surface area (Å²) in [6.45, 7) is 5.07. The first-order valence-electron chi connectivity index (χ1n) is 6.55. The zero-order valence-electron chi connectivity index (χ0n) is 11.4. The van der Waals surface area contributed by atoms with Crippen LogP contribution in [0.15, 0.2) is 35.5 Å². The van der Waals surface area contributed by atoms with Gasteiger partial charge in [0.2, 0.25) is 0 Å². The lowest BCUT2D eigenvalue weighted by molar-refractivity contribution is 0.581. The molecule has 19 heavy (non-hydrogen) atoms. The van der Waals surface area contributed by atoms with Crippen LogP contribution in [-0.2, 0) is 12.3 Å². The van der Waals surface area contributed by atoms with Crippen LogP contribution in [0.1, 0.15) is 37.7 Å². The second kappa shape index (κ2) is 6.73. The van der Waals surface area contributed by atoms with E-state index in [9.17, 15) is 0 Å². The molecule has 0 amide bonds. The Hall–Kier alpha value is -1.33. The van der Waals surface area contributed by atoms with Gasteiger partial charge in [0.05, 0.1) is 5.75 Å². The molecule has 1 aromatic heterocycles. The second-order valence-corrected chi connectivity index (χ2v) is 5.59. The SMILES string of the molecule is CCCn1ncnc1CSc1ccc(C(C)N)cc1. The molecule has 2 aromatic rings. The van der Waals surface area contributed by atoms with E-state index in [-0.39, 0.29) is 6.04 Å². The highest BCUT2D eigenvalue weighted by atomic mass is 32.2. The molecule has 1 unspecified atom stereocenters. The number of nitrogens with two attached hydrogens (primary N) is 1. The highest BCUT2D eigenvalue weighted by Gasteiger charge is 2.05. The van der Waals surface area contributed by atoms with Gasteiger partial charge in [0.1, 0.15) is 12.2 Å². The average molecular weight is 276 g/mol. The van der Waals surface area contributed by atoms with Gasteiger partial charge in [0, 0.05) is 17.5 Å².